The lowest BCUT2D eigenvalue weighted by atomic mass is 9.59. The number of Topliss-reactive ketones (excluding diaryl/α,β-unsaturated/α-hetero) is 2. The molecule has 4 rings (SSSR count). The number of phenolic OH excluding ortho intramolecular Hbond substituents is 1. The molecule has 1 aromatic carbocycles. The number of rotatable bonds is 5. The molecular weight excluding hydrogens is 498 g/mol. The van der Waals surface area contributed by atoms with Crippen molar-refractivity contribution in [3.63, 3.8) is 0 Å². The van der Waals surface area contributed by atoms with E-state index in [0.717, 1.165) is 0 Å². The molecule has 3 aliphatic rings. The first-order valence-corrected chi connectivity index (χ1v) is 12.2. The van der Waals surface area contributed by atoms with Gasteiger partial charge in [0, 0.05) is 37.7 Å². The lowest BCUT2D eigenvalue weighted by Gasteiger charge is -2.46. The van der Waals surface area contributed by atoms with Crippen molar-refractivity contribution in [2.24, 2.45) is 23.5 Å². The molecule has 0 spiro atoms. The zero-order valence-corrected chi connectivity index (χ0v) is 21.5. The number of benzene rings is 1. The number of aliphatic hydroxyl groups excluding tert-OH is 2. The standard InChI is InChI=1S/C26H31N3O9/c1-10(2)9-38-25(36)28-14-8-15(29(3)4)13-6-11-5-12-7-16(30)19(24(27)35)23(34)26(12,37)22(33)17(11)21(32)18(13)20(14)31/h8,10-12,31-32,34,37H,5-7,9H2,1-4H3,(H2,27,35)(H,28,36)/t11?,12-,26-/m0/s1. The number of nitrogens with zero attached hydrogens (tertiary/aromatic N) is 1. The molecule has 7 N–H and O–H groups in total. The van der Waals surface area contributed by atoms with Crippen LogP contribution in [0.1, 0.15) is 37.8 Å². The molecule has 0 heterocycles. The third-order valence-corrected chi connectivity index (χ3v) is 7.31. The molecular formula is C26H31N3O9. The number of ether oxygens (including phenoxy) is 1. The predicted molar refractivity (Wildman–Crippen MR) is 136 cm³/mol. The van der Waals surface area contributed by atoms with Gasteiger partial charge in [-0.05, 0) is 36.3 Å². The number of carbonyl (C=O) groups is 4. The molecule has 38 heavy (non-hydrogen) atoms. The molecule has 3 atom stereocenters. The van der Waals surface area contributed by atoms with Gasteiger partial charge in [-0.2, -0.15) is 0 Å². The van der Waals surface area contributed by atoms with Crippen molar-refractivity contribution in [2.75, 3.05) is 30.9 Å². The molecule has 0 aromatic heterocycles. The Balaban J connectivity index is 1.86. The van der Waals surface area contributed by atoms with Crippen LogP contribution in [0.3, 0.4) is 0 Å². The lowest BCUT2D eigenvalue weighted by molar-refractivity contribution is -0.147. The van der Waals surface area contributed by atoms with Crippen molar-refractivity contribution >= 4 is 40.7 Å². The van der Waals surface area contributed by atoms with Crippen LogP contribution in [-0.2, 0) is 25.5 Å². The van der Waals surface area contributed by atoms with Crippen LogP contribution >= 0.6 is 0 Å². The van der Waals surface area contributed by atoms with E-state index in [1.165, 1.54) is 6.07 Å². The Kier molecular flexibility index (Phi) is 6.64. The fourth-order valence-corrected chi connectivity index (χ4v) is 5.55. The van der Waals surface area contributed by atoms with Gasteiger partial charge in [0.15, 0.2) is 17.1 Å². The average molecular weight is 530 g/mol. The molecule has 1 unspecified atom stereocenters. The summed E-state index contributed by atoms with van der Waals surface area (Å²) in [5, 5.41) is 46.9. The number of aromatic hydroxyl groups is 1. The number of nitrogens with one attached hydrogen (secondary N) is 1. The molecule has 12 heteroatoms. The first-order valence-electron chi connectivity index (χ1n) is 12.2. The average Bonchev–Trinajstić information content (AvgIpc) is 2.81. The topological polar surface area (TPSA) is 200 Å². The van der Waals surface area contributed by atoms with Crippen molar-refractivity contribution in [1.29, 1.82) is 0 Å². The highest BCUT2D eigenvalue weighted by Crippen LogP contribution is 2.54. The van der Waals surface area contributed by atoms with E-state index in [0.29, 0.717) is 11.3 Å². The monoisotopic (exact) mass is 529 g/mol. The van der Waals surface area contributed by atoms with Crippen LogP contribution in [0.5, 0.6) is 5.75 Å². The highest BCUT2D eigenvalue weighted by Gasteiger charge is 2.60. The summed E-state index contributed by atoms with van der Waals surface area (Å²) in [7, 11) is 3.45. The quantitative estimate of drug-likeness (QED) is 0.241. The van der Waals surface area contributed by atoms with Gasteiger partial charge in [-0.25, -0.2) is 4.79 Å². The van der Waals surface area contributed by atoms with Crippen LogP contribution < -0.4 is 16.0 Å². The maximum absolute atomic E-state index is 13.7. The number of amides is 2. The summed E-state index contributed by atoms with van der Waals surface area (Å²) in [6.45, 7) is 3.85. The Morgan fingerprint density at radius 2 is 1.87 bits per heavy atom. The maximum Gasteiger partial charge on any atom is 0.411 e. The van der Waals surface area contributed by atoms with Crippen molar-refractivity contribution in [3.05, 3.63) is 34.1 Å². The van der Waals surface area contributed by atoms with Gasteiger partial charge in [-0.1, -0.05) is 13.8 Å². The molecule has 1 aromatic rings. The molecule has 0 saturated heterocycles. The van der Waals surface area contributed by atoms with E-state index >= 15 is 0 Å². The Morgan fingerprint density at radius 1 is 1.21 bits per heavy atom. The third-order valence-electron chi connectivity index (χ3n) is 7.31. The van der Waals surface area contributed by atoms with E-state index in [1.54, 1.807) is 19.0 Å². The minimum Gasteiger partial charge on any atom is -0.508 e. The maximum atomic E-state index is 13.7. The Hall–Kier alpha value is -4.06. The number of hydrogen-bond donors (Lipinski definition) is 6. The molecule has 1 saturated carbocycles. The van der Waals surface area contributed by atoms with E-state index in [2.05, 4.69) is 5.32 Å². The number of nitrogens with two attached hydrogens (primary N) is 1. The number of ketones is 2. The van der Waals surface area contributed by atoms with E-state index in [4.69, 9.17) is 10.5 Å². The number of phenols is 1. The highest BCUT2D eigenvalue weighted by molar-refractivity contribution is 6.22. The summed E-state index contributed by atoms with van der Waals surface area (Å²) in [6, 6.07) is 1.52. The minimum absolute atomic E-state index is 0.0259. The number of hydrogen-bond acceptors (Lipinski definition) is 10. The summed E-state index contributed by atoms with van der Waals surface area (Å²) in [5.41, 5.74) is 2.27. The van der Waals surface area contributed by atoms with Crippen LogP contribution in [0.15, 0.2) is 23.0 Å². The van der Waals surface area contributed by atoms with E-state index in [-0.39, 0.29) is 42.2 Å². The fraction of sp³-hybridized carbons (Fsp3) is 0.462. The van der Waals surface area contributed by atoms with Crippen LogP contribution in [0.25, 0.3) is 5.76 Å². The number of primary amides is 1. The first-order chi connectivity index (χ1) is 17.7. The minimum atomic E-state index is -2.65. The molecule has 0 aliphatic heterocycles. The predicted octanol–water partition coefficient (Wildman–Crippen LogP) is 1.69. The zero-order chi connectivity index (χ0) is 28.3. The van der Waals surface area contributed by atoms with Crippen molar-refractivity contribution in [3.8, 4) is 5.75 Å². The van der Waals surface area contributed by atoms with Gasteiger partial charge in [0.05, 0.1) is 17.9 Å². The highest BCUT2D eigenvalue weighted by atomic mass is 16.5. The normalized spacial score (nSPS) is 24.6. The van der Waals surface area contributed by atoms with E-state index in [9.17, 15) is 39.6 Å². The first kappa shape index (κ1) is 27.0. The van der Waals surface area contributed by atoms with Gasteiger partial charge in [-0.15, -0.1) is 0 Å². The number of carbonyl (C=O) groups excluding carboxylic acids is 4. The molecule has 0 bridgehead atoms. The number of aliphatic hydroxyl groups is 3. The van der Waals surface area contributed by atoms with Gasteiger partial charge in [-0.3, -0.25) is 19.7 Å². The second-order valence-electron chi connectivity index (χ2n) is 10.6. The van der Waals surface area contributed by atoms with Crippen molar-refractivity contribution < 1.29 is 44.3 Å². The van der Waals surface area contributed by atoms with Crippen molar-refractivity contribution in [2.45, 2.75) is 38.7 Å². The number of fused-ring (bicyclic) bond motifs is 3. The molecule has 1 fully saturated rings. The summed E-state index contributed by atoms with van der Waals surface area (Å²) in [6.07, 6.45) is -1.05. The van der Waals surface area contributed by atoms with Gasteiger partial charge >= 0.3 is 6.09 Å². The SMILES string of the molecule is CC(C)COC(=O)Nc1cc(N(C)C)c2c(c1O)C(O)=C1C(=O)[C@]3(O)C(O)=C(C(N)=O)C(=O)C[C@@H]3CC1C2. The number of anilines is 2. The second kappa shape index (κ2) is 9.35. The lowest BCUT2D eigenvalue weighted by Crippen LogP contribution is -2.58. The Labute approximate surface area is 218 Å². The summed E-state index contributed by atoms with van der Waals surface area (Å²) in [4.78, 5) is 51.9. The van der Waals surface area contributed by atoms with Crippen LogP contribution in [0.2, 0.25) is 0 Å². The van der Waals surface area contributed by atoms with Gasteiger partial charge in [0.2, 0.25) is 5.78 Å². The van der Waals surface area contributed by atoms with Gasteiger partial charge < -0.3 is 35.8 Å². The summed E-state index contributed by atoms with van der Waals surface area (Å²) < 4.78 is 5.12. The summed E-state index contributed by atoms with van der Waals surface area (Å²) in [5.74, 6) is -7.10. The fourth-order valence-electron chi connectivity index (χ4n) is 5.55. The van der Waals surface area contributed by atoms with Gasteiger partial charge in [0.1, 0.15) is 17.1 Å². The summed E-state index contributed by atoms with van der Waals surface area (Å²) >= 11 is 0. The second-order valence-corrected chi connectivity index (χ2v) is 10.6. The Morgan fingerprint density at radius 3 is 2.45 bits per heavy atom. The van der Waals surface area contributed by atoms with Gasteiger partial charge in [0.25, 0.3) is 5.91 Å². The van der Waals surface area contributed by atoms with Crippen LogP contribution in [-0.4, -0.2) is 70.3 Å². The Bertz CT molecular complexity index is 1330. The van der Waals surface area contributed by atoms with Crippen molar-refractivity contribution in [1.82, 2.24) is 0 Å². The van der Waals surface area contributed by atoms with E-state index in [1.807, 2.05) is 13.8 Å². The van der Waals surface area contributed by atoms with Crippen LogP contribution in [0, 0.1) is 17.8 Å². The van der Waals surface area contributed by atoms with E-state index < -0.39 is 70.3 Å². The molecule has 0 radical (unpaired) electrons. The largest absolute Gasteiger partial charge is 0.508 e. The third kappa shape index (κ3) is 4.05. The van der Waals surface area contributed by atoms with Crippen LogP contribution in [0.4, 0.5) is 16.2 Å². The zero-order valence-electron chi connectivity index (χ0n) is 21.5. The molecule has 204 valence electrons. The molecule has 12 nitrogen and oxygen atoms in total. The molecule has 2 amide bonds. The molecule has 3 aliphatic carbocycles. The smallest absolute Gasteiger partial charge is 0.411 e.